The average Bonchev–Trinajstić information content (AvgIpc) is 2.86. The van der Waals surface area contributed by atoms with Crippen molar-refractivity contribution in [1.29, 1.82) is 0 Å². The maximum atomic E-state index is 12.2. The van der Waals surface area contributed by atoms with Crippen LogP contribution in [0.1, 0.15) is 32.1 Å². The zero-order valence-electron chi connectivity index (χ0n) is 17.0. The highest BCUT2D eigenvalue weighted by Gasteiger charge is 2.43. The van der Waals surface area contributed by atoms with Crippen LogP contribution in [0.4, 0.5) is 0 Å². The van der Waals surface area contributed by atoms with Gasteiger partial charge in [-0.05, 0) is 52.0 Å². The first-order valence-electron chi connectivity index (χ1n) is 9.37. The van der Waals surface area contributed by atoms with Crippen molar-refractivity contribution in [2.45, 2.75) is 51.4 Å². The van der Waals surface area contributed by atoms with E-state index in [1.54, 1.807) is 6.20 Å². The van der Waals surface area contributed by atoms with Crippen LogP contribution in [0.15, 0.2) is 22.6 Å². The molecule has 0 spiro atoms. The van der Waals surface area contributed by atoms with Gasteiger partial charge in [-0.15, -0.1) is 13.2 Å². The van der Waals surface area contributed by atoms with Crippen molar-refractivity contribution < 1.29 is 14.9 Å². The van der Waals surface area contributed by atoms with Gasteiger partial charge in [-0.25, -0.2) is 0 Å². The predicted octanol–water partition coefficient (Wildman–Crippen LogP) is 1.68. The number of ether oxygens (including phenoxy) is 1. The van der Waals surface area contributed by atoms with Crippen LogP contribution in [0.25, 0.3) is 0 Å². The maximum absolute atomic E-state index is 12.2. The van der Waals surface area contributed by atoms with Crippen LogP contribution in [0, 0.1) is 4.77 Å². The number of nitrogens with zero attached hydrogens (tertiary/aromatic N) is 1. The molecule has 1 unspecified atom stereocenters. The molecule has 0 aliphatic carbocycles. The SMILES string of the molecule is C=P(C)(C)CCC1O[C@@H](n2cc(CNCC=C(C)C)c(=O)[nH]c2=S)[C@H](O)[C@@H]1O. The minimum atomic E-state index is -1.26. The van der Waals surface area contributed by atoms with E-state index in [1.807, 2.05) is 19.9 Å². The molecule has 0 radical (unpaired) electrons. The topological polar surface area (TPSA) is 99.5 Å². The highest BCUT2D eigenvalue weighted by Crippen LogP contribution is 2.39. The molecule has 4 N–H and O–H groups in total. The van der Waals surface area contributed by atoms with Gasteiger partial charge in [-0.1, -0.05) is 11.6 Å². The first-order valence-corrected chi connectivity index (χ1v) is 12.8. The van der Waals surface area contributed by atoms with Gasteiger partial charge in [0.1, 0.15) is 12.2 Å². The van der Waals surface area contributed by atoms with Crippen LogP contribution in [-0.4, -0.2) is 70.4 Å². The third-order valence-electron chi connectivity index (χ3n) is 4.64. The van der Waals surface area contributed by atoms with Crippen LogP contribution in [0.2, 0.25) is 0 Å². The molecule has 2 heterocycles. The fraction of sp³-hybridized carbons (Fsp3) is 0.632. The largest absolute Gasteiger partial charge is 0.388 e. The predicted molar refractivity (Wildman–Crippen MR) is 118 cm³/mol. The Bertz CT molecular complexity index is 869. The Kier molecular flexibility index (Phi) is 8.02. The summed E-state index contributed by atoms with van der Waals surface area (Å²) < 4.78 is 7.61. The van der Waals surface area contributed by atoms with Crippen LogP contribution < -0.4 is 10.9 Å². The summed E-state index contributed by atoms with van der Waals surface area (Å²) in [5, 5.41) is 24.1. The van der Waals surface area contributed by atoms with Gasteiger partial charge in [0.2, 0.25) is 0 Å². The van der Waals surface area contributed by atoms with E-state index >= 15 is 0 Å². The minimum absolute atomic E-state index is 0.153. The molecule has 1 aromatic heterocycles. The van der Waals surface area contributed by atoms with Gasteiger partial charge < -0.3 is 20.3 Å². The second-order valence-electron chi connectivity index (χ2n) is 8.23. The number of aromatic nitrogens is 2. The van der Waals surface area contributed by atoms with Gasteiger partial charge in [0.05, 0.1) is 6.10 Å². The summed E-state index contributed by atoms with van der Waals surface area (Å²) in [6.45, 7) is 7.98. The summed E-state index contributed by atoms with van der Waals surface area (Å²) in [5.41, 5.74) is 1.39. The number of allylic oxidation sites excluding steroid dienone is 1. The minimum Gasteiger partial charge on any atom is -0.388 e. The number of hydrogen-bond donors (Lipinski definition) is 4. The number of rotatable bonds is 8. The number of hydrogen-bond acceptors (Lipinski definition) is 6. The van der Waals surface area contributed by atoms with Gasteiger partial charge in [-0.2, -0.15) is 0 Å². The quantitative estimate of drug-likeness (QED) is 0.217. The molecule has 0 saturated carbocycles. The van der Waals surface area contributed by atoms with E-state index in [9.17, 15) is 15.0 Å². The van der Waals surface area contributed by atoms with Crippen molar-refractivity contribution in [1.82, 2.24) is 14.9 Å². The van der Waals surface area contributed by atoms with Crippen LogP contribution in [0.3, 0.4) is 0 Å². The molecule has 1 aliphatic heterocycles. The lowest BCUT2D eigenvalue weighted by atomic mass is 10.1. The van der Waals surface area contributed by atoms with Gasteiger partial charge >= 0.3 is 0 Å². The van der Waals surface area contributed by atoms with Gasteiger partial charge in [0.15, 0.2) is 11.0 Å². The molecule has 1 saturated heterocycles. The molecule has 0 amide bonds. The third-order valence-corrected chi connectivity index (χ3v) is 6.42. The highest BCUT2D eigenvalue weighted by atomic mass is 32.1. The Morgan fingerprint density at radius 1 is 1.43 bits per heavy atom. The van der Waals surface area contributed by atoms with E-state index in [2.05, 4.69) is 29.9 Å². The normalized spacial score (nSPS) is 25.1. The maximum Gasteiger partial charge on any atom is 0.256 e. The van der Waals surface area contributed by atoms with Crippen LogP contribution >= 0.6 is 19.1 Å². The summed E-state index contributed by atoms with van der Waals surface area (Å²) in [6.07, 6.45) is 5.80. The van der Waals surface area contributed by atoms with Gasteiger partial charge in [-0.3, -0.25) is 14.3 Å². The molecular formula is C19H32N3O4PS. The molecule has 28 heavy (non-hydrogen) atoms. The summed E-state index contributed by atoms with van der Waals surface area (Å²) in [5.74, 6) is 0. The van der Waals surface area contributed by atoms with E-state index < -0.39 is 31.4 Å². The molecule has 158 valence electrons. The summed E-state index contributed by atoms with van der Waals surface area (Å²) >= 11 is 5.26. The second kappa shape index (κ2) is 9.65. The van der Waals surface area contributed by atoms with E-state index in [0.717, 1.165) is 6.16 Å². The molecule has 0 bridgehead atoms. The molecule has 9 heteroatoms. The zero-order valence-corrected chi connectivity index (χ0v) is 18.7. The Labute approximate surface area is 171 Å². The standard InChI is InChI=1S/C19H32N3O4PS/c1-12(2)6-8-20-10-13-11-22(19(28)21-17(13)25)18-16(24)15(23)14(26-18)7-9-27(3,4)5/h6,11,14-16,18,20,23-24H,3,7-10H2,1-2,4-5H3,(H,21,25,28)/t14?,15-,16-,18-/m1/s1. The van der Waals surface area contributed by atoms with Crippen LogP contribution in [-0.2, 0) is 11.3 Å². The van der Waals surface area contributed by atoms with Gasteiger partial charge in [0.25, 0.3) is 5.56 Å². The molecule has 1 fully saturated rings. The fourth-order valence-electron chi connectivity index (χ4n) is 3.00. The number of aliphatic hydroxyl groups excluding tert-OH is 2. The van der Waals surface area contributed by atoms with Gasteiger partial charge in [0, 0.05) is 24.8 Å². The third kappa shape index (κ3) is 6.24. The Balaban J connectivity index is 2.18. The summed E-state index contributed by atoms with van der Waals surface area (Å²) in [4.78, 5) is 14.8. The molecule has 2 rings (SSSR count). The molecular weight excluding hydrogens is 397 g/mol. The molecule has 7 nitrogen and oxygen atoms in total. The number of H-pyrrole nitrogens is 1. The fourth-order valence-corrected chi connectivity index (χ4v) is 4.20. The van der Waals surface area contributed by atoms with Crippen molar-refractivity contribution in [3.8, 4) is 0 Å². The molecule has 0 aromatic carbocycles. The molecule has 1 aromatic rings. The number of aliphatic hydroxyl groups is 2. The van der Waals surface area contributed by atoms with Crippen molar-refractivity contribution in [3.05, 3.63) is 38.5 Å². The highest BCUT2D eigenvalue weighted by molar-refractivity contribution is 7.72. The lowest BCUT2D eigenvalue weighted by molar-refractivity contribution is -0.0392. The smallest absolute Gasteiger partial charge is 0.256 e. The second-order valence-corrected chi connectivity index (χ2v) is 12.9. The Morgan fingerprint density at radius 3 is 2.71 bits per heavy atom. The first kappa shape index (κ1) is 23.3. The molecule has 4 atom stereocenters. The monoisotopic (exact) mass is 429 g/mol. The van der Waals surface area contributed by atoms with Crippen molar-refractivity contribution in [2.24, 2.45) is 0 Å². The summed E-state index contributed by atoms with van der Waals surface area (Å²) in [6, 6.07) is 0. The van der Waals surface area contributed by atoms with Crippen LogP contribution in [0.5, 0.6) is 0 Å². The van der Waals surface area contributed by atoms with Crippen molar-refractivity contribution >= 4 is 25.4 Å². The number of nitrogens with one attached hydrogen (secondary N) is 2. The Morgan fingerprint density at radius 2 is 2.11 bits per heavy atom. The lowest BCUT2D eigenvalue weighted by Gasteiger charge is -2.20. The van der Waals surface area contributed by atoms with E-state index in [0.29, 0.717) is 25.1 Å². The zero-order chi connectivity index (χ0) is 21.1. The van der Waals surface area contributed by atoms with E-state index in [-0.39, 0.29) is 10.3 Å². The Hall–Kier alpha value is -1.02. The van der Waals surface area contributed by atoms with E-state index in [1.165, 1.54) is 10.1 Å². The first-order chi connectivity index (χ1) is 13.0. The van der Waals surface area contributed by atoms with Crippen molar-refractivity contribution in [3.63, 3.8) is 0 Å². The van der Waals surface area contributed by atoms with Crippen molar-refractivity contribution in [2.75, 3.05) is 26.0 Å². The molecule has 1 aliphatic rings. The lowest BCUT2D eigenvalue weighted by Crippen LogP contribution is -2.33. The van der Waals surface area contributed by atoms with E-state index in [4.69, 9.17) is 17.0 Å². The number of aromatic amines is 1. The summed E-state index contributed by atoms with van der Waals surface area (Å²) in [7, 11) is 0. The average molecular weight is 430 g/mol.